The topological polar surface area (TPSA) is 104 Å². The first-order valence-electron chi connectivity index (χ1n) is 13.6. The standard InChI is InChI=1S/C32H25F3N6O2/c1-40-18-38-26-15-23(24(16-29(26)40)32(33,34)35)22-5-3-13-41-27(22)9-10-28(41)31(43)19-6-8-25(20(14-19)17-36)39-30(42)11-7-21-4-2-12-37-21/h3,5-11,13-16,18,21,37H,2,4,12H2,1H3,(H,39,42). The fourth-order valence-corrected chi connectivity index (χ4v) is 5.47. The van der Waals surface area contributed by atoms with Crippen LogP contribution in [0.5, 0.6) is 0 Å². The number of anilines is 1. The highest BCUT2D eigenvalue weighted by Gasteiger charge is 2.35. The van der Waals surface area contributed by atoms with Crippen molar-refractivity contribution >= 4 is 33.9 Å². The first kappa shape index (κ1) is 27.9. The highest BCUT2D eigenvalue weighted by Crippen LogP contribution is 2.41. The number of fused-ring (bicyclic) bond motifs is 2. The SMILES string of the molecule is Cn1cnc2cc(-c3cccn4c(C(=O)c5ccc(NC(=O)C=CC6CCCN6)c(C#N)c5)ccc34)c(C(F)(F)F)cc21. The van der Waals surface area contributed by atoms with Crippen molar-refractivity contribution in [3.05, 3.63) is 102 Å². The number of benzene rings is 2. The van der Waals surface area contributed by atoms with Crippen LogP contribution in [0, 0.1) is 11.3 Å². The summed E-state index contributed by atoms with van der Waals surface area (Å²) in [6.07, 6.45) is 3.62. The van der Waals surface area contributed by atoms with Crippen LogP contribution in [0.1, 0.15) is 40.0 Å². The number of carbonyl (C=O) groups is 2. The Labute approximate surface area is 244 Å². The molecule has 1 aliphatic rings. The summed E-state index contributed by atoms with van der Waals surface area (Å²) in [7, 11) is 1.63. The van der Waals surface area contributed by atoms with Crippen LogP contribution < -0.4 is 10.6 Å². The molecule has 0 spiro atoms. The molecule has 0 aliphatic carbocycles. The number of nitrogens with one attached hydrogen (secondary N) is 2. The maximum atomic E-state index is 14.2. The van der Waals surface area contributed by atoms with Gasteiger partial charge in [0, 0.05) is 36.5 Å². The third kappa shape index (κ3) is 5.29. The molecule has 43 heavy (non-hydrogen) atoms. The molecule has 6 rings (SSSR count). The van der Waals surface area contributed by atoms with Gasteiger partial charge in [0.05, 0.1) is 45.4 Å². The molecule has 0 radical (unpaired) electrons. The van der Waals surface area contributed by atoms with Crippen LogP contribution in [0.15, 0.2) is 79.3 Å². The first-order chi connectivity index (χ1) is 20.6. The van der Waals surface area contributed by atoms with E-state index >= 15 is 0 Å². The van der Waals surface area contributed by atoms with Crippen molar-refractivity contribution in [1.29, 1.82) is 5.26 Å². The average molecular weight is 583 g/mol. The number of carbonyl (C=O) groups excluding carboxylic acids is 2. The summed E-state index contributed by atoms with van der Waals surface area (Å²) in [4.78, 5) is 30.2. The lowest BCUT2D eigenvalue weighted by atomic mass is 9.98. The van der Waals surface area contributed by atoms with E-state index in [9.17, 15) is 28.0 Å². The number of pyridine rings is 1. The minimum absolute atomic E-state index is 0.0500. The van der Waals surface area contributed by atoms with Crippen molar-refractivity contribution in [1.82, 2.24) is 19.3 Å². The zero-order valence-electron chi connectivity index (χ0n) is 22.9. The number of imidazole rings is 1. The minimum Gasteiger partial charge on any atom is -0.334 e. The van der Waals surface area contributed by atoms with Crippen LogP contribution in [-0.2, 0) is 18.0 Å². The molecule has 1 unspecified atom stereocenters. The number of nitrogens with zero attached hydrogens (tertiary/aromatic N) is 4. The predicted molar refractivity (Wildman–Crippen MR) is 155 cm³/mol. The number of nitriles is 1. The third-order valence-corrected chi connectivity index (χ3v) is 7.62. The lowest BCUT2D eigenvalue weighted by Gasteiger charge is -2.15. The van der Waals surface area contributed by atoms with Gasteiger partial charge in [-0.1, -0.05) is 12.1 Å². The van der Waals surface area contributed by atoms with E-state index in [2.05, 4.69) is 15.6 Å². The van der Waals surface area contributed by atoms with E-state index in [0.29, 0.717) is 16.6 Å². The molecule has 1 fully saturated rings. The van der Waals surface area contributed by atoms with Gasteiger partial charge in [0.2, 0.25) is 11.7 Å². The van der Waals surface area contributed by atoms with Crippen molar-refractivity contribution in [2.24, 2.45) is 7.05 Å². The summed E-state index contributed by atoms with van der Waals surface area (Å²) in [5.74, 6) is -0.827. The molecular formula is C32H25F3N6O2. The van der Waals surface area contributed by atoms with Crippen LogP contribution in [0.3, 0.4) is 0 Å². The Morgan fingerprint density at radius 3 is 2.70 bits per heavy atom. The molecule has 8 nitrogen and oxygen atoms in total. The van der Waals surface area contributed by atoms with Gasteiger partial charge < -0.3 is 19.6 Å². The number of alkyl halides is 3. The minimum atomic E-state index is -4.63. The maximum Gasteiger partial charge on any atom is 0.417 e. The van der Waals surface area contributed by atoms with Gasteiger partial charge in [0.1, 0.15) is 6.07 Å². The number of hydrogen-bond acceptors (Lipinski definition) is 5. The van der Waals surface area contributed by atoms with Gasteiger partial charge in [-0.15, -0.1) is 0 Å². The van der Waals surface area contributed by atoms with Crippen LogP contribution >= 0.6 is 0 Å². The fourth-order valence-electron chi connectivity index (χ4n) is 5.47. The molecule has 3 aromatic heterocycles. The van der Waals surface area contributed by atoms with Crippen molar-refractivity contribution in [3.8, 4) is 17.2 Å². The van der Waals surface area contributed by atoms with Crippen LogP contribution in [0.4, 0.5) is 18.9 Å². The van der Waals surface area contributed by atoms with E-state index < -0.39 is 23.4 Å². The molecule has 1 saturated heterocycles. The average Bonchev–Trinajstić information content (AvgIpc) is 3.75. The second-order valence-electron chi connectivity index (χ2n) is 10.4. The highest BCUT2D eigenvalue weighted by molar-refractivity contribution is 6.10. The second-order valence-corrected chi connectivity index (χ2v) is 10.4. The van der Waals surface area contributed by atoms with Gasteiger partial charge in [-0.2, -0.15) is 18.4 Å². The summed E-state index contributed by atoms with van der Waals surface area (Å²) in [6.45, 7) is 0.901. The Balaban J connectivity index is 1.33. The van der Waals surface area contributed by atoms with Crippen molar-refractivity contribution < 1.29 is 22.8 Å². The van der Waals surface area contributed by atoms with Gasteiger partial charge in [-0.3, -0.25) is 9.59 Å². The number of ketones is 1. The number of halogens is 3. The molecule has 1 aliphatic heterocycles. The van der Waals surface area contributed by atoms with Gasteiger partial charge >= 0.3 is 6.18 Å². The van der Waals surface area contributed by atoms with Crippen LogP contribution in [0.25, 0.3) is 27.7 Å². The quantitative estimate of drug-likeness (QED) is 0.193. The molecule has 5 aromatic rings. The van der Waals surface area contributed by atoms with Crippen molar-refractivity contribution in [2.75, 3.05) is 11.9 Å². The highest BCUT2D eigenvalue weighted by atomic mass is 19.4. The van der Waals surface area contributed by atoms with Crippen LogP contribution in [0.2, 0.25) is 0 Å². The number of hydrogen-bond donors (Lipinski definition) is 2. The van der Waals surface area contributed by atoms with Gasteiger partial charge in [-0.25, -0.2) is 4.98 Å². The van der Waals surface area contributed by atoms with E-state index in [1.165, 1.54) is 51.7 Å². The van der Waals surface area contributed by atoms with E-state index in [1.54, 1.807) is 37.5 Å². The van der Waals surface area contributed by atoms with E-state index in [4.69, 9.17) is 0 Å². The number of rotatable bonds is 6. The Morgan fingerprint density at radius 2 is 1.95 bits per heavy atom. The molecule has 2 N–H and O–H groups in total. The molecule has 2 aromatic carbocycles. The summed E-state index contributed by atoms with van der Waals surface area (Å²) < 4.78 is 45.7. The summed E-state index contributed by atoms with van der Waals surface area (Å²) in [5.41, 5.74) is 1.36. The zero-order valence-corrected chi connectivity index (χ0v) is 22.9. The second kappa shape index (κ2) is 10.9. The Bertz CT molecular complexity index is 1970. The number of amides is 1. The number of aromatic nitrogens is 3. The molecule has 216 valence electrons. The maximum absolute atomic E-state index is 14.2. The number of aryl methyl sites for hydroxylation is 1. The van der Waals surface area contributed by atoms with E-state index in [-0.39, 0.29) is 39.7 Å². The molecule has 0 bridgehead atoms. The van der Waals surface area contributed by atoms with E-state index in [0.717, 1.165) is 25.5 Å². The van der Waals surface area contributed by atoms with Gasteiger partial charge in [0.25, 0.3) is 0 Å². The van der Waals surface area contributed by atoms with Gasteiger partial charge in [-0.05, 0) is 73.5 Å². The Morgan fingerprint density at radius 1 is 1.12 bits per heavy atom. The summed E-state index contributed by atoms with van der Waals surface area (Å²) in [6, 6.07) is 15.3. The lowest BCUT2D eigenvalue weighted by Crippen LogP contribution is -2.19. The monoisotopic (exact) mass is 582 g/mol. The summed E-state index contributed by atoms with van der Waals surface area (Å²) in [5, 5.41) is 15.7. The van der Waals surface area contributed by atoms with Gasteiger partial charge in [0.15, 0.2) is 0 Å². The fraction of sp³-hybridized carbons (Fsp3) is 0.188. The summed E-state index contributed by atoms with van der Waals surface area (Å²) >= 11 is 0. The van der Waals surface area contributed by atoms with Crippen molar-refractivity contribution in [2.45, 2.75) is 25.1 Å². The largest absolute Gasteiger partial charge is 0.417 e. The van der Waals surface area contributed by atoms with Crippen LogP contribution in [-0.4, -0.2) is 38.2 Å². The first-order valence-corrected chi connectivity index (χ1v) is 13.6. The lowest BCUT2D eigenvalue weighted by molar-refractivity contribution is -0.137. The Kier molecular flexibility index (Phi) is 7.07. The molecule has 11 heteroatoms. The molecular weight excluding hydrogens is 557 g/mol. The molecule has 1 atom stereocenters. The van der Waals surface area contributed by atoms with Crippen molar-refractivity contribution in [3.63, 3.8) is 0 Å². The molecule has 4 heterocycles. The normalized spacial score (nSPS) is 15.4. The predicted octanol–water partition coefficient (Wildman–Crippen LogP) is 5.86. The molecule has 0 saturated carbocycles. The third-order valence-electron chi connectivity index (χ3n) is 7.62. The Hall–Kier alpha value is -5.21. The van der Waals surface area contributed by atoms with E-state index in [1.807, 2.05) is 6.07 Å². The zero-order chi connectivity index (χ0) is 30.3. The smallest absolute Gasteiger partial charge is 0.334 e. The molecule has 1 amide bonds.